The molecule has 0 aromatic heterocycles. The molecule has 0 saturated carbocycles. The molecule has 0 bridgehead atoms. The van der Waals surface area contributed by atoms with E-state index in [2.05, 4.69) is 0 Å². The molecular formula is C13H21NO4. The molecule has 5 heteroatoms. The van der Waals surface area contributed by atoms with Crippen LogP contribution in [0.15, 0.2) is 12.2 Å². The van der Waals surface area contributed by atoms with E-state index in [0.29, 0.717) is 6.54 Å². The molecule has 1 aliphatic heterocycles. The number of ether oxygens (including phenoxy) is 1. The maximum atomic E-state index is 12.0. The lowest BCUT2D eigenvalue weighted by molar-refractivity contribution is -0.131. The van der Waals surface area contributed by atoms with Gasteiger partial charge in [-0.25, -0.2) is 9.59 Å². The number of hydrogen-bond acceptors (Lipinski definition) is 3. The summed E-state index contributed by atoms with van der Waals surface area (Å²) in [4.78, 5) is 24.1. The number of carboxylic acids is 1. The average Bonchev–Trinajstić information content (AvgIpc) is 2.24. The highest BCUT2D eigenvalue weighted by molar-refractivity contribution is 5.80. The van der Waals surface area contributed by atoms with Gasteiger partial charge in [-0.05, 0) is 40.0 Å². The fourth-order valence-corrected chi connectivity index (χ4v) is 1.90. The van der Waals surface area contributed by atoms with Crippen LogP contribution in [-0.2, 0) is 9.53 Å². The normalized spacial score (nSPS) is 21.1. The minimum atomic E-state index is -0.996. The third-order valence-electron chi connectivity index (χ3n) is 2.64. The van der Waals surface area contributed by atoms with Crippen molar-refractivity contribution < 1.29 is 19.4 Å². The first-order chi connectivity index (χ1) is 8.29. The van der Waals surface area contributed by atoms with Crippen molar-refractivity contribution in [3.8, 4) is 0 Å². The van der Waals surface area contributed by atoms with E-state index in [1.807, 2.05) is 20.8 Å². The maximum Gasteiger partial charge on any atom is 0.410 e. The quantitative estimate of drug-likeness (QED) is 0.769. The van der Waals surface area contributed by atoms with Crippen molar-refractivity contribution in [2.24, 2.45) is 0 Å². The number of hydrogen-bond donors (Lipinski definition) is 1. The van der Waals surface area contributed by atoms with Crippen molar-refractivity contribution >= 4 is 12.1 Å². The van der Waals surface area contributed by atoms with Crippen LogP contribution in [-0.4, -0.2) is 40.3 Å². The second-order valence-electron chi connectivity index (χ2n) is 5.43. The summed E-state index contributed by atoms with van der Waals surface area (Å²) in [5.74, 6) is -0.996. The summed E-state index contributed by atoms with van der Waals surface area (Å²) in [5, 5.41) is 8.63. The molecule has 0 aliphatic carbocycles. The standard InChI is InChI=1S/C13H21NO4/c1-13(2,3)18-12(17)14-9-5-4-6-10(14)7-8-11(15)16/h7-8,10H,4-6,9H2,1-3H3,(H,15,16)/b8-7+. The molecule has 1 atom stereocenters. The van der Waals surface area contributed by atoms with Crippen LogP contribution in [0.4, 0.5) is 4.79 Å². The van der Waals surface area contributed by atoms with Crippen LogP contribution in [0.5, 0.6) is 0 Å². The van der Waals surface area contributed by atoms with Gasteiger partial charge in [-0.3, -0.25) is 0 Å². The fraction of sp³-hybridized carbons (Fsp3) is 0.692. The first-order valence-electron chi connectivity index (χ1n) is 6.20. The Morgan fingerprint density at radius 2 is 2.00 bits per heavy atom. The predicted octanol–water partition coefficient (Wildman–Crippen LogP) is 2.42. The molecule has 1 amide bonds. The second-order valence-corrected chi connectivity index (χ2v) is 5.43. The van der Waals surface area contributed by atoms with Gasteiger partial charge in [-0.15, -0.1) is 0 Å². The van der Waals surface area contributed by atoms with Gasteiger partial charge in [0.25, 0.3) is 0 Å². The van der Waals surface area contributed by atoms with Crippen molar-refractivity contribution in [1.82, 2.24) is 4.90 Å². The van der Waals surface area contributed by atoms with Crippen LogP contribution in [0.2, 0.25) is 0 Å². The summed E-state index contributed by atoms with van der Waals surface area (Å²) in [5.41, 5.74) is -0.532. The molecule has 0 spiro atoms. The van der Waals surface area contributed by atoms with Gasteiger partial charge in [-0.1, -0.05) is 6.08 Å². The Labute approximate surface area is 107 Å². The predicted molar refractivity (Wildman–Crippen MR) is 67.4 cm³/mol. The SMILES string of the molecule is CC(C)(C)OC(=O)N1CCCCC1/C=C/C(=O)O. The van der Waals surface area contributed by atoms with Crippen LogP contribution in [0.3, 0.4) is 0 Å². The number of likely N-dealkylation sites (tertiary alicyclic amines) is 1. The third-order valence-corrected chi connectivity index (χ3v) is 2.64. The van der Waals surface area contributed by atoms with Gasteiger partial charge < -0.3 is 14.7 Å². The molecule has 1 N–H and O–H groups in total. The highest BCUT2D eigenvalue weighted by atomic mass is 16.6. The Morgan fingerprint density at radius 3 is 2.56 bits per heavy atom. The maximum absolute atomic E-state index is 12.0. The number of piperidine rings is 1. The molecule has 1 fully saturated rings. The van der Waals surface area contributed by atoms with E-state index in [1.54, 1.807) is 11.0 Å². The molecule has 0 aromatic rings. The van der Waals surface area contributed by atoms with Gasteiger partial charge in [0.2, 0.25) is 0 Å². The van der Waals surface area contributed by atoms with Crippen LogP contribution < -0.4 is 0 Å². The largest absolute Gasteiger partial charge is 0.478 e. The fourth-order valence-electron chi connectivity index (χ4n) is 1.90. The van der Waals surface area contributed by atoms with Gasteiger partial charge in [0.05, 0.1) is 6.04 Å². The topological polar surface area (TPSA) is 66.8 Å². The van der Waals surface area contributed by atoms with Gasteiger partial charge >= 0.3 is 12.1 Å². The summed E-state index contributed by atoms with van der Waals surface area (Å²) >= 11 is 0. The Hall–Kier alpha value is -1.52. The van der Waals surface area contributed by atoms with E-state index >= 15 is 0 Å². The number of carbonyl (C=O) groups excluding carboxylic acids is 1. The zero-order valence-corrected chi connectivity index (χ0v) is 11.2. The summed E-state index contributed by atoms with van der Waals surface area (Å²) in [7, 11) is 0. The Balaban J connectivity index is 2.70. The summed E-state index contributed by atoms with van der Waals surface area (Å²) < 4.78 is 5.32. The number of rotatable bonds is 2. The molecular weight excluding hydrogens is 234 g/mol. The van der Waals surface area contributed by atoms with E-state index in [4.69, 9.17) is 9.84 Å². The molecule has 1 aliphatic rings. The van der Waals surface area contributed by atoms with E-state index in [0.717, 1.165) is 25.3 Å². The Bertz CT molecular complexity index is 343. The van der Waals surface area contributed by atoms with Crippen LogP contribution >= 0.6 is 0 Å². The van der Waals surface area contributed by atoms with Crippen molar-refractivity contribution in [3.05, 3.63) is 12.2 Å². The molecule has 18 heavy (non-hydrogen) atoms. The number of carboxylic acid groups (broad SMARTS) is 1. The molecule has 1 heterocycles. The van der Waals surface area contributed by atoms with Gasteiger partial charge in [0, 0.05) is 12.6 Å². The number of amides is 1. The van der Waals surface area contributed by atoms with E-state index in [-0.39, 0.29) is 12.1 Å². The average molecular weight is 255 g/mol. The first kappa shape index (κ1) is 14.5. The third kappa shape index (κ3) is 4.77. The number of nitrogens with zero attached hydrogens (tertiary/aromatic N) is 1. The second kappa shape index (κ2) is 5.89. The zero-order chi connectivity index (χ0) is 13.8. The van der Waals surface area contributed by atoms with E-state index < -0.39 is 11.6 Å². The van der Waals surface area contributed by atoms with Gasteiger partial charge in [0.1, 0.15) is 5.60 Å². The Kier molecular flexibility index (Phi) is 4.76. The van der Waals surface area contributed by atoms with Crippen molar-refractivity contribution in [2.45, 2.75) is 51.7 Å². The highest BCUT2D eigenvalue weighted by Crippen LogP contribution is 2.21. The molecule has 0 radical (unpaired) electrons. The molecule has 1 saturated heterocycles. The van der Waals surface area contributed by atoms with E-state index in [1.165, 1.54) is 0 Å². The zero-order valence-electron chi connectivity index (χ0n) is 11.2. The number of carbonyl (C=O) groups is 2. The Morgan fingerprint density at radius 1 is 1.33 bits per heavy atom. The molecule has 1 rings (SSSR count). The smallest absolute Gasteiger partial charge is 0.410 e. The van der Waals surface area contributed by atoms with Crippen LogP contribution in [0.1, 0.15) is 40.0 Å². The summed E-state index contributed by atoms with van der Waals surface area (Å²) in [6.07, 6.45) is 4.98. The first-order valence-corrected chi connectivity index (χ1v) is 6.20. The van der Waals surface area contributed by atoms with Gasteiger partial charge in [-0.2, -0.15) is 0 Å². The number of aliphatic carboxylic acids is 1. The molecule has 102 valence electrons. The van der Waals surface area contributed by atoms with E-state index in [9.17, 15) is 9.59 Å². The van der Waals surface area contributed by atoms with Crippen molar-refractivity contribution in [1.29, 1.82) is 0 Å². The minimum absolute atomic E-state index is 0.176. The lowest BCUT2D eigenvalue weighted by atomic mass is 10.0. The summed E-state index contributed by atoms with van der Waals surface area (Å²) in [6, 6.07) is -0.176. The monoisotopic (exact) mass is 255 g/mol. The van der Waals surface area contributed by atoms with Crippen molar-refractivity contribution in [3.63, 3.8) is 0 Å². The van der Waals surface area contributed by atoms with Gasteiger partial charge in [0.15, 0.2) is 0 Å². The van der Waals surface area contributed by atoms with Crippen molar-refractivity contribution in [2.75, 3.05) is 6.54 Å². The molecule has 0 aromatic carbocycles. The summed E-state index contributed by atoms with van der Waals surface area (Å²) in [6.45, 7) is 6.06. The molecule has 1 unspecified atom stereocenters. The van der Waals surface area contributed by atoms with Crippen LogP contribution in [0, 0.1) is 0 Å². The van der Waals surface area contributed by atoms with Crippen LogP contribution in [0.25, 0.3) is 0 Å². The lowest BCUT2D eigenvalue weighted by Crippen LogP contribution is -2.45. The minimum Gasteiger partial charge on any atom is -0.478 e. The lowest BCUT2D eigenvalue weighted by Gasteiger charge is -2.35. The molecule has 5 nitrogen and oxygen atoms in total. The highest BCUT2D eigenvalue weighted by Gasteiger charge is 2.28.